The molecule has 5 heteroatoms. The molecule has 0 atom stereocenters. The van der Waals surface area contributed by atoms with Crippen LogP contribution in [0.3, 0.4) is 0 Å². The second kappa shape index (κ2) is 6.25. The van der Waals surface area contributed by atoms with Crippen LogP contribution in [0.4, 0.5) is 4.79 Å². The van der Waals surface area contributed by atoms with Gasteiger partial charge in [0.1, 0.15) is 5.60 Å². The van der Waals surface area contributed by atoms with Crippen molar-refractivity contribution in [3.63, 3.8) is 0 Å². The summed E-state index contributed by atoms with van der Waals surface area (Å²) in [5.74, 6) is 0. The Morgan fingerprint density at radius 1 is 1.00 bits per heavy atom. The quantitative estimate of drug-likeness (QED) is 0.746. The first-order valence-corrected chi connectivity index (χ1v) is 8.88. The van der Waals surface area contributed by atoms with Gasteiger partial charge in [-0.3, -0.25) is 0 Å². The average Bonchev–Trinajstić information content (AvgIpc) is 2.18. The van der Waals surface area contributed by atoms with Gasteiger partial charge in [-0.05, 0) is 74.1 Å². The summed E-state index contributed by atoms with van der Waals surface area (Å²) in [7, 11) is 0. The SMILES string of the molecule is CC1(C)CC(NC2CC(NC(=O)OC(C)(C)C)C2)CC(C)(C)N1. The Labute approximate surface area is 141 Å². The van der Waals surface area contributed by atoms with Gasteiger partial charge >= 0.3 is 6.09 Å². The van der Waals surface area contributed by atoms with E-state index in [2.05, 4.69) is 43.6 Å². The van der Waals surface area contributed by atoms with E-state index in [-0.39, 0.29) is 23.2 Å². The molecule has 0 aromatic rings. The Bertz CT molecular complexity index is 418. The molecule has 1 saturated carbocycles. The number of amides is 1. The first kappa shape index (κ1) is 18.5. The van der Waals surface area contributed by atoms with Crippen molar-refractivity contribution >= 4 is 6.09 Å². The van der Waals surface area contributed by atoms with E-state index in [1.54, 1.807) is 0 Å². The number of carbonyl (C=O) groups excluding carboxylic acids is 1. The van der Waals surface area contributed by atoms with Gasteiger partial charge in [-0.25, -0.2) is 4.79 Å². The zero-order chi connectivity index (χ0) is 17.5. The molecule has 1 aliphatic heterocycles. The van der Waals surface area contributed by atoms with E-state index in [1.165, 1.54) is 0 Å². The lowest BCUT2D eigenvalue weighted by Gasteiger charge is -2.49. The van der Waals surface area contributed by atoms with Gasteiger partial charge in [-0.2, -0.15) is 0 Å². The van der Waals surface area contributed by atoms with Crippen LogP contribution in [0.15, 0.2) is 0 Å². The van der Waals surface area contributed by atoms with Gasteiger partial charge in [0.05, 0.1) is 0 Å². The van der Waals surface area contributed by atoms with Gasteiger partial charge in [0.15, 0.2) is 0 Å². The lowest BCUT2D eigenvalue weighted by molar-refractivity contribution is 0.0456. The highest BCUT2D eigenvalue weighted by Gasteiger charge is 2.40. The van der Waals surface area contributed by atoms with Crippen molar-refractivity contribution in [2.45, 2.75) is 109 Å². The number of rotatable bonds is 3. The summed E-state index contributed by atoms with van der Waals surface area (Å²) in [6.45, 7) is 14.8. The number of carbonyl (C=O) groups is 1. The number of hydrogen-bond acceptors (Lipinski definition) is 4. The van der Waals surface area contributed by atoms with Crippen molar-refractivity contribution in [1.29, 1.82) is 0 Å². The molecule has 134 valence electrons. The normalized spacial score (nSPS) is 30.4. The molecule has 1 amide bonds. The van der Waals surface area contributed by atoms with E-state index < -0.39 is 5.60 Å². The van der Waals surface area contributed by atoms with E-state index >= 15 is 0 Å². The van der Waals surface area contributed by atoms with Crippen molar-refractivity contribution in [3.8, 4) is 0 Å². The first-order chi connectivity index (χ1) is 10.3. The minimum Gasteiger partial charge on any atom is -0.444 e. The maximum atomic E-state index is 11.8. The summed E-state index contributed by atoms with van der Waals surface area (Å²) in [4.78, 5) is 11.8. The van der Waals surface area contributed by atoms with Gasteiger partial charge in [0.25, 0.3) is 0 Å². The fraction of sp³-hybridized carbons (Fsp3) is 0.944. The van der Waals surface area contributed by atoms with Crippen LogP contribution in [-0.2, 0) is 4.74 Å². The molecule has 0 aromatic carbocycles. The molecule has 1 saturated heterocycles. The van der Waals surface area contributed by atoms with Crippen molar-refractivity contribution in [2.75, 3.05) is 0 Å². The van der Waals surface area contributed by atoms with E-state index in [0.29, 0.717) is 12.1 Å². The van der Waals surface area contributed by atoms with E-state index in [4.69, 9.17) is 4.74 Å². The van der Waals surface area contributed by atoms with Crippen LogP contribution < -0.4 is 16.0 Å². The third-order valence-electron chi connectivity index (χ3n) is 4.52. The zero-order valence-corrected chi connectivity index (χ0v) is 15.9. The highest BCUT2D eigenvalue weighted by Crippen LogP contribution is 2.30. The molecule has 23 heavy (non-hydrogen) atoms. The molecule has 2 fully saturated rings. The number of hydrogen-bond donors (Lipinski definition) is 3. The Balaban J connectivity index is 1.73. The maximum Gasteiger partial charge on any atom is 0.407 e. The largest absolute Gasteiger partial charge is 0.444 e. The summed E-state index contributed by atoms with van der Waals surface area (Å²) in [6, 6.07) is 1.28. The molecule has 0 radical (unpaired) electrons. The molecule has 1 aliphatic carbocycles. The maximum absolute atomic E-state index is 11.8. The van der Waals surface area contributed by atoms with Crippen LogP contribution in [-0.4, -0.2) is 40.9 Å². The molecule has 2 aliphatic rings. The van der Waals surface area contributed by atoms with Crippen LogP contribution in [0.5, 0.6) is 0 Å². The topological polar surface area (TPSA) is 62.4 Å². The molecule has 0 spiro atoms. The van der Waals surface area contributed by atoms with Crippen LogP contribution in [0.25, 0.3) is 0 Å². The van der Waals surface area contributed by atoms with Gasteiger partial charge < -0.3 is 20.7 Å². The number of alkyl carbamates (subject to hydrolysis) is 1. The van der Waals surface area contributed by atoms with E-state index in [0.717, 1.165) is 25.7 Å². The lowest BCUT2D eigenvalue weighted by Crippen LogP contribution is -2.64. The summed E-state index contributed by atoms with van der Waals surface area (Å²) in [5.41, 5.74) is -0.105. The van der Waals surface area contributed by atoms with Crippen LogP contribution in [0.1, 0.15) is 74.1 Å². The number of ether oxygens (including phenoxy) is 1. The highest BCUT2D eigenvalue weighted by atomic mass is 16.6. The Kier molecular flexibility index (Phi) is 5.03. The van der Waals surface area contributed by atoms with E-state index in [1.807, 2.05) is 20.8 Å². The van der Waals surface area contributed by atoms with Gasteiger partial charge in [-0.15, -0.1) is 0 Å². The lowest BCUT2D eigenvalue weighted by atomic mass is 9.78. The second-order valence-electron chi connectivity index (χ2n) is 9.68. The van der Waals surface area contributed by atoms with Crippen LogP contribution in [0, 0.1) is 0 Å². The van der Waals surface area contributed by atoms with Crippen LogP contribution in [0.2, 0.25) is 0 Å². The standard InChI is InChI=1S/C18H35N3O2/c1-16(2,3)23-15(22)20-13-8-12(9-13)19-14-10-17(4,5)21-18(6,7)11-14/h12-14,19,21H,8-11H2,1-7H3,(H,20,22). The predicted molar refractivity (Wildman–Crippen MR) is 93.6 cm³/mol. The molecular formula is C18H35N3O2. The van der Waals surface area contributed by atoms with Gasteiger partial charge in [0, 0.05) is 29.2 Å². The monoisotopic (exact) mass is 325 g/mol. The van der Waals surface area contributed by atoms with Gasteiger partial charge in [0.2, 0.25) is 0 Å². The van der Waals surface area contributed by atoms with E-state index in [9.17, 15) is 4.79 Å². The zero-order valence-electron chi connectivity index (χ0n) is 15.9. The molecule has 2 rings (SSSR count). The predicted octanol–water partition coefficient (Wildman–Crippen LogP) is 2.94. The molecular weight excluding hydrogens is 290 g/mol. The Morgan fingerprint density at radius 3 is 2.00 bits per heavy atom. The third-order valence-corrected chi connectivity index (χ3v) is 4.52. The average molecular weight is 325 g/mol. The summed E-state index contributed by atoms with van der Waals surface area (Å²) in [6.07, 6.45) is 3.95. The second-order valence-corrected chi connectivity index (χ2v) is 9.68. The highest BCUT2D eigenvalue weighted by molar-refractivity contribution is 5.68. The van der Waals surface area contributed by atoms with Crippen molar-refractivity contribution < 1.29 is 9.53 Å². The first-order valence-electron chi connectivity index (χ1n) is 8.88. The smallest absolute Gasteiger partial charge is 0.407 e. The Hall–Kier alpha value is -0.810. The molecule has 5 nitrogen and oxygen atoms in total. The van der Waals surface area contributed by atoms with Crippen molar-refractivity contribution in [1.82, 2.24) is 16.0 Å². The third kappa shape index (κ3) is 5.96. The molecule has 3 N–H and O–H groups in total. The summed E-state index contributed by atoms with van der Waals surface area (Å²) < 4.78 is 5.31. The molecule has 0 aromatic heterocycles. The molecule has 1 heterocycles. The number of nitrogens with one attached hydrogen (secondary N) is 3. The summed E-state index contributed by atoms with van der Waals surface area (Å²) >= 11 is 0. The van der Waals surface area contributed by atoms with Crippen LogP contribution >= 0.6 is 0 Å². The minimum atomic E-state index is -0.433. The fourth-order valence-corrected chi connectivity index (χ4v) is 4.12. The molecule has 0 unspecified atom stereocenters. The number of piperidine rings is 1. The molecule has 0 bridgehead atoms. The van der Waals surface area contributed by atoms with Crippen molar-refractivity contribution in [3.05, 3.63) is 0 Å². The summed E-state index contributed by atoms with van der Waals surface area (Å²) in [5, 5.41) is 10.5. The van der Waals surface area contributed by atoms with Gasteiger partial charge in [-0.1, -0.05) is 0 Å². The Morgan fingerprint density at radius 2 is 1.52 bits per heavy atom. The van der Waals surface area contributed by atoms with Crippen molar-refractivity contribution in [2.24, 2.45) is 0 Å². The fourth-order valence-electron chi connectivity index (χ4n) is 4.12. The minimum absolute atomic E-state index is 0.164.